The van der Waals surface area contributed by atoms with E-state index >= 15 is 0 Å². The second kappa shape index (κ2) is 10.3. The van der Waals surface area contributed by atoms with Crippen molar-refractivity contribution in [2.24, 2.45) is 0 Å². The molecule has 0 fully saturated rings. The van der Waals surface area contributed by atoms with Gasteiger partial charge in [-0.3, -0.25) is 9.78 Å². The lowest BCUT2D eigenvalue weighted by atomic mass is 10.1. The molecule has 0 bridgehead atoms. The second-order valence-corrected chi connectivity index (χ2v) is 8.04. The molecule has 1 heterocycles. The number of nitrogens with zero attached hydrogens (tertiary/aromatic N) is 2. The van der Waals surface area contributed by atoms with Crippen LogP contribution in [0.25, 0.3) is 0 Å². The summed E-state index contributed by atoms with van der Waals surface area (Å²) in [5.41, 5.74) is 2.30. The van der Waals surface area contributed by atoms with E-state index in [1.807, 2.05) is 48.5 Å². The Hall–Kier alpha value is -3.34. The molecule has 32 heavy (non-hydrogen) atoms. The molecule has 3 aromatic carbocycles. The minimum atomic E-state index is -0.119. The molecule has 0 atom stereocenters. The Balaban J connectivity index is 1.56. The third kappa shape index (κ3) is 5.67. The van der Waals surface area contributed by atoms with Crippen molar-refractivity contribution in [2.45, 2.75) is 13.1 Å². The van der Waals surface area contributed by atoms with E-state index in [1.165, 1.54) is 0 Å². The fraction of sp³-hybridized carbons (Fsp3) is 0.0769. The molecule has 4 rings (SSSR count). The van der Waals surface area contributed by atoms with Gasteiger partial charge in [-0.15, -0.1) is 0 Å². The maximum Gasteiger partial charge on any atom is 0.254 e. The third-order valence-corrected chi connectivity index (χ3v) is 5.43. The summed E-state index contributed by atoms with van der Waals surface area (Å²) in [7, 11) is 0. The van der Waals surface area contributed by atoms with E-state index in [-0.39, 0.29) is 5.91 Å². The van der Waals surface area contributed by atoms with Crippen LogP contribution >= 0.6 is 23.2 Å². The Morgan fingerprint density at radius 2 is 1.59 bits per heavy atom. The Labute approximate surface area is 197 Å². The smallest absolute Gasteiger partial charge is 0.254 e. The monoisotopic (exact) mass is 462 g/mol. The minimum Gasteiger partial charge on any atom is -0.457 e. The SMILES string of the molecule is O=C(c1ccc(Oc2ccccc2)cc1)N(Cc1cccnc1)Cc1ccc(Cl)cc1Cl. The normalized spacial score (nSPS) is 10.6. The zero-order chi connectivity index (χ0) is 22.3. The maximum atomic E-state index is 13.4. The van der Waals surface area contributed by atoms with E-state index in [1.54, 1.807) is 53.7 Å². The molecule has 0 aliphatic rings. The van der Waals surface area contributed by atoms with Crippen molar-refractivity contribution in [1.29, 1.82) is 0 Å². The summed E-state index contributed by atoms with van der Waals surface area (Å²) >= 11 is 12.4. The number of hydrogen-bond donors (Lipinski definition) is 0. The first-order valence-electron chi connectivity index (χ1n) is 10.0. The first kappa shape index (κ1) is 21.9. The van der Waals surface area contributed by atoms with Crippen molar-refractivity contribution < 1.29 is 9.53 Å². The van der Waals surface area contributed by atoms with E-state index in [0.717, 1.165) is 16.9 Å². The largest absolute Gasteiger partial charge is 0.457 e. The highest BCUT2D eigenvalue weighted by molar-refractivity contribution is 6.35. The number of amides is 1. The predicted molar refractivity (Wildman–Crippen MR) is 127 cm³/mol. The number of carbonyl (C=O) groups excluding carboxylic acids is 1. The lowest BCUT2D eigenvalue weighted by Gasteiger charge is -2.24. The van der Waals surface area contributed by atoms with Gasteiger partial charge in [-0.1, -0.05) is 53.5 Å². The fourth-order valence-corrected chi connectivity index (χ4v) is 3.71. The van der Waals surface area contributed by atoms with Crippen LogP contribution in [0.2, 0.25) is 10.0 Å². The van der Waals surface area contributed by atoms with Crippen LogP contribution in [0.5, 0.6) is 11.5 Å². The zero-order valence-electron chi connectivity index (χ0n) is 17.1. The van der Waals surface area contributed by atoms with Gasteiger partial charge in [0.1, 0.15) is 11.5 Å². The molecular formula is C26H20Cl2N2O2. The quantitative estimate of drug-likeness (QED) is 0.296. The number of hydrogen-bond acceptors (Lipinski definition) is 3. The predicted octanol–water partition coefficient (Wildman–Crippen LogP) is 7.02. The molecule has 0 aliphatic heterocycles. The standard InChI is InChI=1S/C26H20Cl2N2O2/c27-22-11-8-21(25(28)15-22)18-30(17-19-5-4-14-29-16-19)26(31)20-9-12-24(13-10-20)32-23-6-2-1-3-7-23/h1-16H,17-18H2. The van der Waals surface area contributed by atoms with Gasteiger partial charge >= 0.3 is 0 Å². The fourth-order valence-electron chi connectivity index (χ4n) is 3.24. The van der Waals surface area contributed by atoms with Gasteiger partial charge in [0.15, 0.2) is 0 Å². The molecule has 160 valence electrons. The molecule has 0 unspecified atom stereocenters. The van der Waals surface area contributed by atoms with Crippen LogP contribution in [-0.4, -0.2) is 15.8 Å². The van der Waals surface area contributed by atoms with E-state index in [9.17, 15) is 4.79 Å². The topological polar surface area (TPSA) is 42.4 Å². The maximum absolute atomic E-state index is 13.4. The van der Waals surface area contributed by atoms with E-state index in [0.29, 0.717) is 34.4 Å². The van der Waals surface area contributed by atoms with Crippen LogP contribution in [-0.2, 0) is 13.1 Å². The molecule has 4 nitrogen and oxygen atoms in total. The summed E-state index contributed by atoms with van der Waals surface area (Å²) in [5, 5.41) is 1.07. The number of halogens is 2. The van der Waals surface area contributed by atoms with Crippen LogP contribution in [0.4, 0.5) is 0 Å². The van der Waals surface area contributed by atoms with Gasteiger partial charge in [-0.2, -0.15) is 0 Å². The summed E-state index contributed by atoms with van der Waals surface area (Å²) in [6.07, 6.45) is 3.46. The van der Waals surface area contributed by atoms with Gasteiger partial charge < -0.3 is 9.64 Å². The molecule has 0 N–H and O–H groups in total. The summed E-state index contributed by atoms with van der Waals surface area (Å²) in [6, 6.07) is 25.7. The Kier molecular flexibility index (Phi) is 7.05. The van der Waals surface area contributed by atoms with Gasteiger partial charge in [0, 0.05) is 41.1 Å². The van der Waals surface area contributed by atoms with Crippen LogP contribution in [0.3, 0.4) is 0 Å². The second-order valence-electron chi connectivity index (χ2n) is 7.20. The first-order valence-corrected chi connectivity index (χ1v) is 10.8. The third-order valence-electron chi connectivity index (χ3n) is 4.84. The van der Waals surface area contributed by atoms with Gasteiger partial charge in [0.25, 0.3) is 5.91 Å². The summed E-state index contributed by atoms with van der Waals surface area (Å²) in [4.78, 5) is 19.3. The summed E-state index contributed by atoms with van der Waals surface area (Å²) < 4.78 is 5.83. The average Bonchev–Trinajstić information content (AvgIpc) is 2.82. The number of rotatable bonds is 7. The van der Waals surface area contributed by atoms with Crippen molar-refractivity contribution >= 4 is 29.1 Å². The van der Waals surface area contributed by atoms with Crippen molar-refractivity contribution in [2.75, 3.05) is 0 Å². The van der Waals surface area contributed by atoms with Crippen LogP contribution in [0, 0.1) is 0 Å². The average molecular weight is 463 g/mol. The molecule has 6 heteroatoms. The van der Waals surface area contributed by atoms with E-state index in [4.69, 9.17) is 27.9 Å². The number of ether oxygens (including phenoxy) is 1. The lowest BCUT2D eigenvalue weighted by molar-refractivity contribution is 0.0730. The number of pyridine rings is 1. The minimum absolute atomic E-state index is 0.119. The highest BCUT2D eigenvalue weighted by atomic mass is 35.5. The number of carbonyl (C=O) groups is 1. The van der Waals surface area contributed by atoms with Crippen molar-refractivity contribution in [3.63, 3.8) is 0 Å². The van der Waals surface area contributed by atoms with Gasteiger partial charge in [-0.05, 0) is 65.7 Å². The Morgan fingerprint density at radius 1 is 0.844 bits per heavy atom. The molecule has 0 radical (unpaired) electrons. The Bertz CT molecular complexity index is 1180. The number of benzene rings is 3. The van der Waals surface area contributed by atoms with Gasteiger partial charge in [-0.25, -0.2) is 0 Å². The van der Waals surface area contributed by atoms with Crippen molar-refractivity contribution in [3.05, 3.63) is 124 Å². The summed E-state index contributed by atoms with van der Waals surface area (Å²) in [6.45, 7) is 0.736. The summed E-state index contributed by atoms with van der Waals surface area (Å²) in [5.74, 6) is 1.28. The molecule has 0 aliphatic carbocycles. The molecule has 0 saturated heterocycles. The lowest BCUT2D eigenvalue weighted by Crippen LogP contribution is -2.30. The molecule has 0 saturated carbocycles. The highest BCUT2D eigenvalue weighted by Crippen LogP contribution is 2.25. The van der Waals surface area contributed by atoms with E-state index in [2.05, 4.69) is 4.98 Å². The molecule has 1 aromatic heterocycles. The van der Waals surface area contributed by atoms with Gasteiger partial charge in [0.2, 0.25) is 0 Å². The van der Waals surface area contributed by atoms with Crippen LogP contribution in [0.15, 0.2) is 97.3 Å². The number of aromatic nitrogens is 1. The van der Waals surface area contributed by atoms with Gasteiger partial charge in [0.05, 0.1) is 0 Å². The van der Waals surface area contributed by atoms with E-state index < -0.39 is 0 Å². The highest BCUT2D eigenvalue weighted by Gasteiger charge is 2.18. The van der Waals surface area contributed by atoms with Crippen molar-refractivity contribution in [1.82, 2.24) is 9.88 Å². The first-order chi connectivity index (χ1) is 15.6. The molecular weight excluding hydrogens is 443 g/mol. The Morgan fingerprint density at radius 3 is 2.28 bits per heavy atom. The van der Waals surface area contributed by atoms with Crippen molar-refractivity contribution in [3.8, 4) is 11.5 Å². The molecule has 1 amide bonds. The number of para-hydroxylation sites is 1. The van der Waals surface area contributed by atoms with Crippen LogP contribution < -0.4 is 4.74 Å². The molecule has 4 aromatic rings. The molecule has 0 spiro atoms. The van der Waals surface area contributed by atoms with Crippen LogP contribution in [0.1, 0.15) is 21.5 Å². The zero-order valence-corrected chi connectivity index (χ0v) is 18.6.